The van der Waals surface area contributed by atoms with Crippen LogP contribution < -0.4 is 5.32 Å². The quantitative estimate of drug-likeness (QED) is 0.768. The van der Waals surface area contributed by atoms with Crippen LogP contribution in [0.3, 0.4) is 0 Å². The van der Waals surface area contributed by atoms with Gasteiger partial charge in [0.15, 0.2) is 0 Å². The Morgan fingerprint density at radius 1 is 1.00 bits per heavy atom. The second kappa shape index (κ2) is 3.48. The lowest BCUT2D eigenvalue weighted by atomic mass is 9.45. The molecule has 4 fully saturated rings. The molecule has 4 bridgehead atoms. The standard InChI is InChI=1S/C15H27N/c1-4-16-14(2,3)15-8-11-5-12(9-15)7-13(6-11)10-15/h11-13,16H,4-10H2,1-3H3. The predicted molar refractivity (Wildman–Crippen MR) is 68.4 cm³/mol. The van der Waals surface area contributed by atoms with E-state index in [1.165, 1.54) is 19.3 Å². The van der Waals surface area contributed by atoms with E-state index in [4.69, 9.17) is 0 Å². The van der Waals surface area contributed by atoms with Crippen molar-refractivity contribution in [1.29, 1.82) is 0 Å². The van der Waals surface area contributed by atoms with Crippen molar-refractivity contribution in [2.24, 2.45) is 23.2 Å². The molecule has 4 saturated carbocycles. The van der Waals surface area contributed by atoms with Crippen molar-refractivity contribution in [2.45, 2.75) is 64.8 Å². The molecule has 0 heterocycles. The van der Waals surface area contributed by atoms with Crippen LogP contribution in [0.1, 0.15) is 59.3 Å². The van der Waals surface area contributed by atoms with E-state index in [1.54, 1.807) is 19.3 Å². The van der Waals surface area contributed by atoms with E-state index in [9.17, 15) is 0 Å². The van der Waals surface area contributed by atoms with Gasteiger partial charge in [-0.2, -0.15) is 0 Å². The molecule has 1 heteroatoms. The molecule has 0 saturated heterocycles. The lowest BCUT2D eigenvalue weighted by molar-refractivity contribution is -0.0979. The molecule has 4 aliphatic carbocycles. The van der Waals surface area contributed by atoms with Crippen molar-refractivity contribution in [3.8, 4) is 0 Å². The van der Waals surface area contributed by atoms with Crippen LogP contribution in [-0.4, -0.2) is 12.1 Å². The minimum atomic E-state index is 0.359. The Morgan fingerprint density at radius 2 is 1.44 bits per heavy atom. The fourth-order valence-corrected chi connectivity index (χ4v) is 5.51. The molecule has 0 amide bonds. The molecular weight excluding hydrogens is 194 g/mol. The van der Waals surface area contributed by atoms with E-state index in [0.717, 1.165) is 24.3 Å². The van der Waals surface area contributed by atoms with Gasteiger partial charge in [0.1, 0.15) is 0 Å². The first-order chi connectivity index (χ1) is 7.55. The van der Waals surface area contributed by atoms with Gasteiger partial charge >= 0.3 is 0 Å². The Hall–Kier alpha value is -0.0400. The molecule has 92 valence electrons. The second-order valence-corrected chi connectivity index (χ2v) is 7.35. The molecular formula is C15H27N. The van der Waals surface area contributed by atoms with Crippen molar-refractivity contribution in [1.82, 2.24) is 5.32 Å². The molecule has 0 aromatic heterocycles. The van der Waals surface area contributed by atoms with Crippen molar-refractivity contribution in [3.05, 3.63) is 0 Å². The first-order valence-electron chi connectivity index (χ1n) is 7.30. The maximum absolute atomic E-state index is 3.78. The van der Waals surface area contributed by atoms with Crippen LogP contribution in [0.2, 0.25) is 0 Å². The third kappa shape index (κ3) is 1.47. The highest BCUT2D eigenvalue weighted by atomic mass is 15.0. The Labute approximate surface area is 100 Å². The largest absolute Gasteiger partial charge is 0.312 e. The third-order valence-corrected chi connectivity index (χ3v) is 5.98. The molecule has 0 aromatic rings. The van der Waals surface area contributed by atoms with Crippen LogP contribution in [0.4, 0.5) is 0 Å². The van der Waals surface area contributed by atoms with E-state index in [-0.39, 0.29) is 0 Å². The first-order valence-corrected chi connectivity index (χ1v) is 7.30. The summed E-state index contributed by atoms with van der Waals surface area (Å²) in [6.45, 7) is 8.30. The highest BCUT2D eigenvalue weighted by Gasteiger charge is 2.56. The van der Waals surface area contributed by atoms with E-state index in [1.807, 2.05) is 0 Å². The summed E-state index contributed by atoms with van der Waals surface area (Å²) in [7, 11) is 0. The van der Waals surface area contributed by atoms with Gasteiger partial charge < -0.3 is 5.32 Å². The molecule has 4 aliphatic rings. The molecule has 0 radical (unpaired) electrons. The maximum Gasteiger partial charge on any atom is 0.0181 e. The normalized spacial score (nSPS) is 46.3. The molecule has 0 aliphatic heterocycles. The topological polar surface area (TPSA) is 12.0 Å². The van der Waals surface area contributed by atoms with Gasteiger partial charge in [-0.15, -0.1) is 0 Å². The van der Waals surface area contributed by atoms with Crippen molar-refractivity contribution in [3.63, 3.8) is 0 Å². The minimum absolute atomic E-state index is 0.359. The second-order valence-electron chi connectivity index (χ2n) is 7.35. The van der Waals surface area contributed by atoms with Crippen molar-refractivity contribution < 1.29 is 0 Å². The molecule has 16 heavy (non-hydrogen) atoms. The third-order valence-electron chi connectivity index (χ3n) is 5.98. The lowest BCUT2D eigenvalue weighted by Crippen LogP contribution is -2.61. The fourth-order valence-electron chi connectivity index (χ4n) is 5.51. The predicted octanol–water partition coefficient (Wildman–Crippen LogP) is 3.59. The van der Waals surface area contributed by atoms with Crippen LogP contribution in [0, 0.1) is 23.2 Å². The summed E-state index contributed by atoms with van der Waals surface area (Å²) >= 11 is 0. The van der Waals surface area contributed by atoms with Gasteiger partial charge in [0, 0.05) is 5.54 Å². The SMILES string of the molecule is CCNC(C)(C)C12CC3CC(CC(C3)C1)C2. The molecule has 0 aromatic carbocycles. The van der Waals surface area contributed by atoms with Crippen LogP contribution in [0.25, 0.3) is 0 Å². The average Bonchev–Trinajstić information content (AvgIpc) is 2.14. The molecule has 4 rings (SSSR count). The molecule has 0 atom stereocenters. The zero-order chi connectivity index (χ0) is 11.4. The monoisotopic (exact) mass is 221 g/mol. The summed E-state index contributed by atoms with van der Waals surface area (Å²) in [5.41, 5.74) is 0.996. The van der Waals surface area contributed by atoms with Crippen LogP contribution in [0.5, 0.6) is 0 Å². The van der Waals surface area contributed by atoms with E-state index in [0.29, 0.717) is 11.0 Å². The van der Waals surface area contributed by atoms with E-state index in [2.05, 4.69) is 26.1 Å². The lowest BCUT2D eigenvalue weighted by Gasteiger charge is -2.62. The highest BCUT2D eigenvalue weighted by molar-refractivity contribution is 5.09. The maximum atomic E-state index is 3.78. The van der Waals surface area contributed by atoms with E-state index < -0.39 is 0 Å². The summed E-state index contributed by atoms with van der Waals surface area (Å²) in [4.78, 5) is 0. The average molecular weight is 221 g/mol. The molecule has 1 nitrogen and oxygen atoms in total. The van der Waals surface area contributed by atoms with E-state index >= 15 is 0 Å². The molecule has 0 spiro atoms. The van der Waals surface area contributed by atoms with Gasteiger partial charge in [-0.1, -0.05) is 6.92 Å². The van der Waals surface area contributed by atoms with Gasteiger partial charge in [0.2, 0.25) is 0 Å². The number of rotatable bonds is 3. The number of nitrogens with one attached hydrogen (secondary N) is 1. The molecule has 0 unspecified atom stereocenters. The highest BCUT2D eigenvalue weighted by Crippen LogP contribution is 2.63. The summed E-state index contributed by atoms with van der Waals surface area (Å²) < 4.78 is 0. The number of hydrogen-bond acceptors (Lipinski definition) is 1. The summed E-state index contributed by atoms with van der Waals surface area (Å²) in [5.74, 6) is 3.22. The Kier molecular flexibility index (Phi) is 2.41. The Morgan fingerprint density at radius 3 is 1.81 bits per heavy atom. The van der Waals surface area contributed by atoms with Crippen LogP contribution in [-0.2, 0) is 0 Å². The zero-order valence-corrected chi connectivity index (χ0v) is 11.2. The minimum Gasteiger partial charge on any atom is -0.312 e. The zero-order valence-electron chi connectivity index (χ0n) is 11.2. The summed E-state index contributed by atoms with van der Waals surface area (Å²) in [6.07, 6.45) is 9.21. The smallest absolute Gasteiger partial charge is 0.0181 e. The van der Waals surface area contributed by atoms with Gasteiger partial charge in [-0.3, -0.25) is 0 Å². The van der Waals surface area contributed by atoms with Crippen molar-refractivity contribution in [2.75, 3.05) is 6.54 Å². The Bertz CT molecular complexity index is 244. The van der Waals surface area contributed by atoms with Gasteiger partial charge in [-0.25, -0.2) is 0 Å². The van der Waals surface area contributed by atoms with Gasteiger partial charge in [0.25, 0.3) is 0 Å². The summed E-state index contributed by atoms with van der Waals surface area (Å²) in [6, 6.07) is 0. The summed E-state index contributed by atoms with van der Waals surface area (Å²) in [5, 5.41) is 3.78. The first kappa shape index (κ1) is 11.1. The Balaban J connectivity index is 1.88. The molecule has 1 N–H and O–H groups in total. The number of hydrogen-bond donors (Lipinski definition) is 1. The van der Waals surface area contributed by atoms with Gasteiger partial charge in [-0.05, 0) is 82.1 Å². The van der Waals surface area contributed by atoms with Crippen LogP contribution in [0.15, 0.2) is 0 Å². The van der Waals surface area contributed by atoms with Gasteiger partial charge in [0.05, 0.1) is 0 Å². The van der Waals surface area contributed by atoms with Crippen molar-refractivity contribution >= 4 is 0 Å². The fraction of sp³-hybridized carbons (Fsp3) is 1.00. The van der Waals surface area contributed by atoms with Crippen LogP contribution >= 0.6 is 0 Å².